The first-order chi connectivity index (χ1) is 11.0. The highest BCUT2D eigenvalue weighted by molar-refractivity contribution is 9.10. The molecule has 8 heteroatoms. The number of hydrogen-bond donors (Lipinski definition) is 2. The van der Waals surface area contributed by atoms with E-state index in [9.17, 15) is 14.9 Å². The van der Waals surface area contributed by atoms with Gasteiger partial charge in [0.2, 0.25) is 0 Å². The summed E-state index contributed by atoms with van der Waals surface area (Å²) in [6.45, 7) is 0.769. The molecule has 2 rings (SSSR count). The van der Waals surface area contributed by atoms with Crippen LogP contribution in [0.25, 0.3) is 0 Å². The zero-order valence-corrected chi connectivity index (χ0v) is 13.6. The molecule has 0 unspecified atom stereocenters. The van der Waals surface area contributed by atoms with Gasteiger partial charge in [-0.1, -0.05) is 15.9 Å². The Bertz CT molecular complexity index is 719. The average molecular weight is 380 g/mol. The number of nitrogens with one attached hydrogen (secondary N) is 1. The number of carbonyl (C=O) groups is 1. The van der Waals surface area contributed by atoms with Gasteiger partial charge in [0.1, 0.15) is 12.4 Å². The molecule has 0 radical (unpaired) electrons. The molecule has 2 aromatic carbocycles. The molecule has 0 heterocycles. The quantitative estimate of drug-likeness (QED) is 0.436. The molecule has 0 fully saturated rings. The largest absolute Gasteiger partial charge is 0.492 e. The molecule has 0 aliphatic carbocycles. The Morgan fingerprint density at radius 2 is 1.96 bits per heavy atom. The molecule has 23 heavy (non-hydrogen) atoms. The number of nitrogens with zero attached hydrogens (tertiary/aromatic N) is 1. The third-order valence-electron chi connectivity index (χ3n) is 2.98. The number of halogens is 1. The molecule has 120 valence electrons. The van der Waals surface area contributed by atoms with Crippen LogP contribution in [0.3, 0.4) is 0 Å². The van der Waals surface area contributed by atoms with Crippen LogP contribution in [0.5, 0.6) is 5.75 Å². The van der Waals surface area contributed by atoms with Crippen LogP contribution < -0.4 is 15.8 Å². The van der Waals surface area contributed by atoms with Gasteiger partial charge in [0, 0.05) is 28.8 Å². The number of carbonyl (C=O) groups excluding carboxylic acids is 1. The minimum atomic E-state index is -0.731. The molecule has 0 aromatic heterocycles. The fraction of sp³-hybridized carbons (Fsp3) is 0.133. The summed E-state index contributed by atoms with van der Waals surface area (Å²) in [5.74, 6) is -0.0150. The van der Waals surface area contributed by atoms with E-state index in [-0.39, 0.29) is 11.3 Å². The van der Waals surface area contributed by atoms with Crippen LogP contribution in [0.4, 0.5) is 11.4 Å². The maximum Gasteiger partial charge on any atom is 0.270 e. The molecule has 0 spiro atoms. The first kappa shape index (κ1) is 16.8. The van der Waals surface area contributed by atoms with E-state index in [0.29, 0.717) is 24.6 Å². The van der Waals surface area contributed by atoms with Gasteiger partial charge in [-0.05, 0) is 30.3 Å². The molecule has 7 nitrogen and oxygen atoms in total. The summed E-state index contributed by atoms with van der Waals surface area (Å²) in [5, 5.41) is 13.7. The van der Waals surface area contributed by atoms with Crippen molar-refractivity contribution in [3.63, 3.8) is 0 Å². The van der Waals surface area contributed by atoms with Gasteiger partial charge in [0.25, 0.3) is 11.6 Å². The van der Waals surface area contributed by atoms with Gasteiger partial charge < -0.3 is 15.8 Å². The van der Waals surface area contributed by atoms with E-state index in [1.54, 1.807) is 0 Å². The van der Waals surface area contributed by atoms with Gasteiger partial charge in [-0.15, -0.1) is 0 Å². The number of non-ortho nitro benzene ring substituents is 1. The second kappa shape index (κ2) is 7.59. The topological polar surface area (TPSA) is 107 Å². The summed E-state index contributed by atoms with van der Waals surface area (Å²) >= 11 is 3.34. The summed E-state index contributed by atoms with van der Waals surface area (Å²) < 4.78 is 6.50. The highest BCUT2D eigenvalue weighted by Crippen LogP contribution is 2.22. The molecular formula is C15H14BrN3O4. The lowest BCUT2D eigenvalue weighted by Crippen LogP contribution is -2.17. The van der Waals surface area contributed by atoms with Crippen LogP contribution in [0.15, 0.2) is 46.9 Å². The maximum atomic E-state index is 11.4. The minimum Gasteiger partial charge on any atom is -0.492 e. The van der Waals surface area contributed by atoms with Crippen LogP contribution in [0.1, 0.15) is 10.4 Å². The van der Waals surface area contributed by atoms with Crippen molar-refractivity contribution in [2.45, 2.75) is 0 Å². The Morgan fingerprint density at radius 1 is 1.26 bits per heavy atom. The number of benzene rings is 2. The molecule has 0 saturated heterocycles. The zero-order chi connectivity index (χ0) is 16.8. The minimum absolute atomic E-state index is 0.0721. The molecule has 0 atom stereocenters. The number of ether oxygens (including phenoxy) is 1. The van der Waals surface area contributed by atoms with E-state index in [1.807, 2.05) is 24.3 Å². The molecular weight excluding hydrogens is 366 g/mol. The fourth-order valence-electron chi connectivity index (χ4n) is 1.89. The molecule has 2 aromatic rings. The Morgan fingerprint density at radius 3 is 2.57 bits per heavy atom. The Kier molecular flexibility index (Phi) is 5.53. The summed E-state index contributed by atoms with van der Waals surface area (Å²) in [4.78, 5) is 21.6. The van der Waals surface area contributed by atoms with E-state index >= 15 is 0 Å². The van der Waals surface area contributed by atoms with Gasteiger partial charge in [0.15, 0.2) is 0 Å². The number of amides is 1. The summed E-state index contributed by atoms with van der Waals surface area (Å²) in [6, 6.07) is 11.3. The highest BCUT2D eigenvalue weighted by Gasteiger charge is 2.14. The van der Waals surface area contributed by atoms with Crippen molar-refractivity contribution in [2.75, 3.05) is 18.5 Å². The van der Waals surface area contributed by atoms with Crippen molar-refractivity contribution in [3.8, 4) is 5.75 Å². The van der Waals surface area contributed by atoms with Gasteiger partial charge in [0.05, 0.1) is 10.5 Å². The van der Waals surface area contributed by atoms with Gasteiger partial charge >= 0.3 is 0 Å². The number of hydrogen-bond acceptors (Lipinski definition) is 5. The van der Waals surface area contributed by atoms with Crippen LogP contribution in [-0.4, -0.2) is 24.0 Å². The predicted molar refractivity (Wildman–Crippen MR) is 89.7 cm³/mol. The third kappa shape index (κ3) is 4.68. The lowest BCUT2D eigenvalue weighted by atomic mass is 10.1. The molecule has 1 amide bonds. The molecule has 0 saturated carbocycles. The second-order valence-corrected chi connectivity index (χ2v) is 5.50. The van der Waals surface area contributed by atoms with Crippen LogP contribution in [-0.2, 0) is 0 Å². The van der Waals surface area contributed by atoms with E-state index in [2.05, 4.69) is 21.2 Å². The Labute approximate surface area is 140 Å². The van der Waals surface area contributed by atoms with Crippen LogP contribution >= 0.6 is 15.9 Å². The highest BCUT2D eigenvalue weighted by atomic mass is 79.9. The Balaban J connectivity index is 1.96. The first-order valence-corrected chi connectivity index (χ1v) is 7.47. The van der Waals surface area contributed by atoms with Crippen molar-refractivity contribution in [2.24, 2.45) is 5.73 Å². The first-order valence-electron chi connectivity index (χ1n) is 6.68. The summed E-state index contributed by atoms with van der Waals surface area (Å²) in [5.41, 5.74) is 5.58. The van der Waals surface area contributed by atoms with Gasteiger partial charge in [-0.25, -0.2) is 0 Å². The van der Waals surface area contributed by atoms with Crippen molar-refractivity contribution < 1.29 is 14.5 Å². The van der Waals surface area contributed by atoms with Gasteiger partial charge in [-0.2, -0.15) is 0 Å². The Hall–Kier alpha value is -2.61. The smallest absolute Gasteiger partial charge is 0.270 e. The van der Waals surface area contributed by atoms with Crippen molar-refractivity contribution in [3.05, 3.63) is 62.6 Å². The van der Waals surface area contributed by atoms with Crippen molar-refractivity contribution in [1.29, 1.82) is 0 Å². The van der Waals surface area contributed by atoms with E-state index in [0.717, 1.165) is 10.5 Å². The van der Waals surface area contributed by atoms with E-state index < -0.39 is 10.8 Å². The molecule has 3 N–H and O–H groups in total. The fourth-order valence-corrected chi connectivity index (χ4v) is 2.15. The molecule has 0 aliphatic rings. The number of nitro benzene ring substituents is 1. The lowest BCUT2D eigenvalue weighted by molar-refractivity contribution is -0.384. The summed E-state index contributed by atoms with van der Waals surface area (Å²) in [7, 11) is 0. The van der Waals surface area contributed by atoms with E-state index in [4.69, 9.17) is 10.5 Å². The number of nitrogens with two attached hydrogens (primary N) is 1. The molecule has 0 aliphatic heterocycles. The summed E-state index contributed by atoms with van der Waals surface area (Å²) in [6.07, 6.45) is 0. The zero-order valence-electron chi connectivity index (χ0n) is 12.0. The number of primary amides is 1. The maximum absolute atomic E-state index is 11.4. The van der Waals surface area contributed by atoms with Crippen molar-refractivity contribution >= 4 is 33.2 Å². The monoisotopic (exact) mass is 379 g/mol. The molecule has 0 bridgehead atoms. The second-order valence-electron chi connectivity index (χ2n) is 4.58. The lowest BCUT2D eigenvalue weighted by Gasteiger charge is -2.11. The van der Waals surface area contributed by atoms with Crippen LogP contribution in [0.2, 0.25) is 0 Å². The normalized spacial score (nSPS) is 10.1. The standard InChI is InChI=1S/C15H14BrN3O4/c16-10-1-4-12(5-2-10)23-8-7-18-14-6-3-11(19(21)22)9-13(14)15(17)20/h1-6,9,18H,7-8H2,(H2,17,20). The van der Waals surface area contributed by atoms with Gasteiger partial charge in [-0.3, -0.25) is 14.9 Å². The average Bonchev–Trinajstić information content (AvgIpc) is 2.53. The van der Waals surface area contributed by atoms with E-state index in [1.165, 1.54) is 12.1 Å². The third-order valence-corrected chi connectivity index (χ3v) is 3.51. The number of rotatable bonds is 7. The van der Waals surface area contributed by atoms with Crippen molar-refractivity contribution in [1.82, 2.24) is 0 Å². The number of anilines is 1. The van der Waals surface area contributed by atoms with Crippen LogP contribution in [0, 0.1) is 10.1 Å². The number of nitro groups is 1. The SMILES string of the molecule is NC(=O)c1cc([N+](=O)[O-])ccc1NCCOc1ccc(Br)cc1. The predicted octanol–water partition coefficient (Wildman–Crippen LogP) is 2.95.